The van der Waals surface area contributed by atoms with Gasteiger partial charge in [0.15, 0.2) is 0 Å². The molecule has 166 valence electrons. The molecule has 4 aromatic carbocycles. The number of para-hydroxylation sites is 2. The molecule has 2 N–H and O–H groups in total. The molecule has 0 saturated heterocycles. The third-order valence-corrected chi connectivity index (χ3v) is 7.84. The summed E-state index contributed by atoms with van der Waals surface area (Å²) in [5.41, 5.74) is 1.79. The highest BCUT2D eigenvalue weighted by Gasteiger charge is 2.20. The van der Waals surface area contributed by atoms with Crippen molar-refractivity contribution in [2.24, 2.45) is 0 Å². The van der Waals surface area contributed by atoms with Gasteiger partial charge >= 0.3 is 0 Å². The van der Waals surface area contributed by atoms with E-state index in [1.54, 1.807) is 72.8 Å². The van der Waals surface area contributed by atoms with Crippen LogP contribution >= 0.6 is 0 Å². The summed E-state index contributed by atoms with van der Waals surface area (Å²) in [5, 5.41) is 0.996. The molecule has 1 heterocycles. The van der Waals surface area contributed by atoms with E-state index in [2.05, 4.69) is 9.44 Å². The minimum atomic E-state index is -3.85. The molecule has 9 heteroatoms. The minimum absolute atomic E-state index is 0.0391. The second-order valence-electron chi connectivity index (χ2n) is 7.36. The maximum atomic E-state index is 12.9. The second-order valence-corrected chi connectivity index (χ2v) is 10.7. The first-order chi connectivity index (χ1) is 15.8. The van der Waals surface area contributed by atoms with Crippen molar-refractivity contribution in [2.75, 3.05) is 9.44 Å². The fourth-order valence-corrected chi connectivity index (χ4v) is 5.68. The number of anilines is 2. The van der Waals surface area contributed by atoms with Crippen LogP contribution in [0.5, 0.6) is 0 Å². The second kappa shape index (κ2) is 7.95. The summed E-state index contributed by atoms with van der Waals surface area (Å²) in [7, 11) is -7.71. The van der Waals surface area contributed by atoms with Crippen molar-refractivity contribution >= 4 is 53.4 Å². The number of hydrogen-bond donors (Lipinski definition) is 2. The first kappa shape index (κ1) is 21.0. The summed E-state index contributed by atoms with van der Waals surface area (Å²) in [4.78, 5) is 0.0782. The highest BCUT2D eigenvalue weighted by atomic mass is 32.2. The van der Waals surface area contributed by atoms with Crippen LogP contribution in [0.25, 0.3) is 21.9 Å². The summed E-state index contributed by atoms with van der Waals surface area (Å²) >= 11 is 0. The average molecular weight is 479 g/mol. The molecule has 0 fully saturated rings. The Kier molecular flexibility index (Phi) is 5.07. The van der Waals surface area contributed by atoms with Gasteiger partial charge in [0.2, 0.25) is 0 Å². The minimum Gasteiger partial charge on any atom is -0.456 e. The number of fused-ring (bicyclic) bond motifs is 3. The van der Waals surface area contributed by atoms with E-state index < -0.39 is 20.0 Å². The molecule has 1 aromatic heterocycles. The zero-order chi connectivity index (χ0) is 23.1. The summed E-state index contributed by atoms with van der Waals surface area (Å²) in [6.45, 7) is 0. The summed E-state index contributed by atoms with van der Waals surface area (Å²) < 4.78 is 62.4. The molecule has 0 aliphatic rings. The van der Waals surface area contributed by atoms with Crippen molar-refractivity contribution in [1.82, 2.24) is 0 Å². The van der Waals surface area contributed by atoms with Gasteiger partial charge in [-0.1, -0.05) is 36.4 Å². The first-order valence-corrected chi connectivity index (χ1v) is 12.9. The van der Waals surface area contributed by atoms with Crippen LogP contribution in [0.1, 0.15) is 0 Å². The van der Waals surface area contributed by atoms with Crippen LogP contribution in [0.3, 0.4) is 0 Å². The van der Waals surface area contributed by atoms with Gasteiger partial charge in [-0.15, -0.1) is 0 Å². The zero-order valence-electron chi connectivity index (χ0n) is 17.1. The number of rotatable bonds is 6. The van der Waals surface area contributed by atoms with Crippen LogP contribution in [-0.4, -0.2) is 16.8 Å². The molecule has 0 aliphatic heterocycles. The molecule has 5 aromatic rings. The van der Waals surface area contributed by atoms with Crippen LogP contribution < -0.4 is 9.44 Å². The molecule has 0 spiro atoms. The van der Waals surface area contributed by atoms with Crippen LogP contribution in [0.2, 0.25) is 0 Å². The Bertz CT molecular complexity index is 1550. The molecule has 0 aliphatic carbocycles. The quantitative estimate of drug-likeness (QED) is 0.349. The maximum Gasteiger partial charge on any atom is 0.261 e. The highest BCUT2D eigenvalue weighted by molar-refractivity contribution is 7.93. The maximum absolute atomic E-state index is 12.9. The summed E-state index contributed by atoms with van der Waals surface area (Å²) in [5.74, 6) is 0. The van der Waals surface area contributed by atoms with Crippen molar-refractivity contribution < 1.29 is 21.3 Å². The third kappa shape index (κ3) is 4.15. The fourth-order valence-electron chi connectivity index (χ4n) is 3.51. The van der Waals surface area contributed by atoms with Crippen LogP contribution in [0.4, 0.5) is 11.4 Å². The van der Waals surface area contributed by atoms with Crippen molar-refractivity contribution in [3.8, 4) is 0 Å². The van der Waals surface area contributed by atoms with E-state index in [1.165, 1.54) is 24.3 Å². The molecule has 0 radical (unpaired) electrons. The number of nitrogens with one attached hydrogen (secondary N) is 2. The fraction of sp³-hybridized carbons (Fsp3) is 0. The predicted molar refractivity (Wildman–Crippen MR) is 128 cm³/mol. The van der Waals surface area contributed by atoms with E-state index in [9.17, 15) is 16.8 Å². The summed E-state index contributed by atoms with van der Waals surface area (Å²) in [6.07, 6.45) is 0. The lowest BCUT2D eigenvalue weighted by Crippen LogP contribution is -2.13. The molecule has 0 amide bonds. The molecule has 0 unspecified atom stereocenters. The van der Waals surface area contributed by atoms with E-state index in [-0.39, 0.29) is 9.79 Å². The number of hydrogen-bond acceptors (Lipinski definition) is 5. The van der Waals surface area contributed by atoms with Gasteiger partial charge in [0.1, 0.15) is 11.2 Å². The van der Waals surface area contributed by atoms with Gasteiger partial charge in [0.05, 0.1) is 9.79 Å². The van der Waals surface area contributed by atoms with Gasteiger partial charge < -0.3 is 4.42 Å². The van der Waals surface area contributed by atoms with Crippen LogP contribution in [-0.2, 0) is 20.0 Å². The van der Waals surface area contributed by atoms with Crippen molar-refractivity contribution in [3.05, 3.63) is 97.1 Å². The van der Waals surface area contributed by atoms with E-state index in [1.807, 2.05) is 0 Å². The summed E-state index contributed by atoms with van der Waals surface area (Å²) in [6, 6.07) is 26.1. The molecule has 33 heavy (non-hydrogen) atoms. The zero-order valence-corrected chi connectivity index (χ0v) is 18.7. The topological polar surface area (TPSA) is 105 Å². The third-order valence-electron chi connectivity index (χ3n) is 5.08. The molecule has 5 rings (SSSR count). The van der Waals surface area contributed by atoms with Crippen LogP contribution in [0.15, 0.2) is 111 Å². The predicted octanol–water partition coefficient (Wildman–Crippen LogP) is 5.19. The van der Waals surface area contributed by atoms with Crippen molar-refractivity contribution in [3.63, 3.8) is 0 Å². The van der Waals surface area contributed by atoms with E-state index in [0.717, 1.165) is 0 Å². The van der Waals surface area contributed by atoms with Gasteiger partial charge in [-0.3, -0.25) is 9.44 Å². The molecular weight excluding hydrogens is 460 g/mol. The van der Waals surface area contributed by atoms with Crippen LogP contribution in [0, 0.1) is 0 Å². The first-order valence-electron chi connectivity index (χ1n) is 9.94. The normalized spacial score (nSPS) is 12.1. The van der Waals surface area contributed by atoms with Gasteiger partial charge in [0.25, 0.3) is 20.0 Å². The Morgan fingerprint density at radius 1 is 0.515 bits per heavy atom. The standard InChI is InChI=1S/C24H18N2O5S2/c27-32(28,25-17-7-3-1-4-8-17)19-11-13-23-21(15-19)22-16-20(12-14-24(22)31-23)33(29,30)26-18-9-5-2-6-10-18/h1-16,25-26H. The van der Waals surface area contributed by atoms with Gasteiger partial charge in [0, 0.05) is 22.1 Å². The number of benzene rings is 4. The van der Waals surface area contributed by atoms with Gasteiger partial charge in [-0.25, -0.2) is 16.8 Å². The largest absolute Gasteiger partial charge is 0.456 e. The lowest BCUT2D eigenvalue weighted by molar-refractivity contribution is 0.599. The molecule has 0 bridgehead atoms. The average Bonchev–Trinajstić information content (AvgIpc) is 3.17. The molecular formula is C24H18N2O5S2. The Labute approximate surface area is 190 Å². The van der Waals surface area contributed by atoms with E-state index in [0.29, 0.717) is 33.3 Å². The lowest BCUT2D eigenvalue weighted by Gasteiger charge is -2.08. The van der Waals surface area contributed by atoms with Crippen molar-refractivity contribution in [1.29, 1.82) is 0 Å². The SMILES string of the molecule is O=S(=O)(Nc1ccccc1)c1ccc2oc3ccc(S(=O)(=O)Nc4ccccc4)cc3c2c1. The molecule has 0 atom stereocenters. The monoisotopic (exact) mass is 478 g/mol. The van der Waals surface area contributed by atoms with Crippen molar-refractivity contribution in [2.45, 2.75) is 9.79 Å². The number of furan rings is 1. The molecule has 0 saturated carbocycles. The highest BCUT2D eigenvalue weighted by Crippen LogP contribution is 2.33. The van der Waals surface area contributed by atoms with Gasteiger partial charge in [-0.2, -0.15) is 0 Å². The lowest BCUT2D eigenvalue weighted by atomic mass is 10.1. The molecule has 7 nitrogen and oxygen atoms in total. The van der Waals surface area contributed by atoms with E-state index >= 15 is 0 Å². The Balaban J connectivity index is 1.57. The Morgan fingerprint density at radius 2 is 0.909 bits per heavy atom. The number of sulfonamides is 2. The Hall–Kier alpha value is -3.82. The Morgan fingerprint density at radius 3 is 1.30 bits per heavy atom. The van der Waals surface area contributed by atoms with Gasteiger partial charge in [-0.05, 0) is 60.7 Å². The smallest absolute Gasteiger partial charge is 0.261 e. The van der Waals surface area contributed by atoms with E-state index in [4.69, 9.17) is 4.42 Å².